The topological polar surface area (TPSA) is 75.4 Å². The molecular formula is C16H20N2O3. The van der Waals surface area contributed by atoms with Crippen LogP contribution in [0.3, 0.4) is 0 Å². The molecule has 0 aliphatic heterocycles. The highest BCUT2D eigenvalue weighted by Gasteiger charge is 2.13. The van der Waals surface area contributed by atoms with Gasteiger partial charge in [0, 0.05) is 6.07 Å². The highest BCUT2D eigenvalue weighted by Crippen LogP contribution is 2.16. The van der Waals surface area contributed by atoms with E-state index in [9.17, 15) is 9.90 Å². The van der Waals surface area contributed by atoms with Gasteiger partial charge in [0.15, 0.2) is 5.76 Å². The summed E-state index contributed by atoms with van der Waals surface area (Å²) in [4.78, 5) is 11.8. The van der Waals surface area contributed by atoms with Gasteiger partial charge in [-0.05, 0) is 11.5 Å². The third-order valence-electron chi connectivity index (χ3n) is 3.19. The average molecular weight is 288 g/mol. The standard InChI is InChI=1S/C16H20N2O3/c1-11(2)14-8-13(21-18-14)10-17-16(20)9-15(19)12-6-4-3-5-7-12/h3-8,11,15,19H,9-10H2,1-2H3,(H,17,20). The Balaban J connectivity index is 1.82. The van der Waals surface area contributed by atoms with E-state index in [0.717, 1.165) is 11.3 Å². The van der Waals surface area contributed by atoms with Crippen LogP contribution in [-0.4, -0.2) is 16.2 Å². The SMILES string of the molecule is CC(C)c1cc(CNC(=O)CC(O)c2ccccc2)on1. The Labute approximate surface area is 124 Å². The lowest BCUT2D eigenvalue weighted by atomic mass is 10.1. The first kappa shape index (κ1) is 15.3. The minimum Gasteiger partial charge on any atom is -0.388 e. The number of benzene rings is 1. The van der Waals surface area contributed by atoms with Crippen LogP contribution in [0.15, 0.2) is 40.9 Å². The van der Waals surface area contributed by atoms with E-state index < -0.39 is 6.10 Å². The second kappa shape index (κ2) is 7.04. The lowest BCUT2D eigenvalue weighted by Crippen LogP contribution is -2.24. The molecule has 2 N–H and O–H groups in total. The van der Waals surface area contributed by atoms with Crippen molar-refractivity contribution in [3.8, 4) is 0 Å². The summed E-state index contributed by atoms with van der Waals surface area (Å²) in [7, 11) is 0. The van der Waals surface area contributed by atoms with Gasteiger partial charge in [-0.25, -0.2) is 0 Å². The summed E-state index contributed by atoms with van der Waals surface area (Å²) in [5, 5.41) is 16.6. The fourth-order valence-electron chi connectivity index (χ4n) is 1.91. The molecule has 5 heteroatoms. The van der Waals surface area contributed by atoms with E-state index in [1.165, 1.54) is 0 Å². The third kappa shape index (κ3) is 4.43. The molecular weight excluding hydrogens is 268 g/mol. The predicted octanol–water partition coefficient (Wildman–Crippen LogP) is 2.54. The first-order valence-electron chi connectivity index (χ1n) is 7.01. The minimum atomic E-state index is -0.799. The molecule has 112 valence electrons. The Kier molecular flexibility index (Phi) is 5.11. The van der Waals surface area contributed by atoms with Crippen molar-refractivity contribution in [3.63, 3.8) is 0 Å². The zero-order chi connectivity index (χ0) is 15.2. The van der Waals surface area contributed by atoms with Gasteiger partial charge in [-0.1, -0.05) is 49.3 Å². The van der Waals surface area contributed by atoms with Crippen molar-refractivity contribution in [3.05, 3.63) is 53.4 Å². The predicted molar refractivity (Wildman–Crippen MR) is 78.5 cm³/mol. The van der Waals surface area contributed by atoms with Gasteiger partial charge in [-0.15, -0.1) is 0 Å². The lowest BCUT2D eigenvalue weighted by Gasteiger charge is -2.10. The van der Waals surface area contributed by atoms with Crippen LogP contribution in [0.4, 0.5) is 0 Å². The minimum absolute atomic E-state index is 0.0230. The van der Waals surface area contributed by atoms with Crippen molar-refractivity contribution in [2.45, 2.75) is 38.8 Å². The number of aliphatic hydroxyl groups excluding tert-OH is 1. The van der Waals surface area contributed by atoms with Gasteiger partial charge in [-0.3, -0.25) is 4.79 Å². The molecule has 5 nitrogen and oxygen atoms in total. The average Bonchev–Trinajstić information content (AvgIpc) is 2.95. The fraction of sp³-hybridized carbons (Fsp3) is 0.375. The maximum Gasteiger partial charge on any atom is 0.223 e. The summed E-state index contributed by atoms with van der Waals surface area (Å²) >= 11 is 0. The highest BCUT2D eigenvalue weighted by molar-refractivity contribution is 5.76. The highest BCUT2D eigenvalue weighted by atomic mass is 16.5. The Morgan fingerprint density at radius 1 is 1.33 bits per heavy atom. The molecule has 1 unspecified atom stereocenters. The molecule has 2 rings (SSSR count). The van der Waals surface area contributed by atoms with Crippen molar-refractivity contribution >= 4 is 5.91 Å². The van der Waals surface area contributed by atoms with Gasteiger partial charge < -0.3 is 14.9 Å². The number of hydrogen-bond donors (Lipinski definition) is 2. The third-order valence-corrected chi connectivity index (χ3v) is 3.19. The molecule has 21 heavy (non-hydrogen) atoms. The van der Waals surface area contributed by atoms with E-state index in [1.54, 1.807) is 12.1 Å². The Hall–Kier alpha value is -2.14. The maximum absolute atomic E-state index is 11.8. The van der Waals surface area contributed by atoms with E-state index in [4.69, 9.17) is 4.52 Å². The molecule has 1 atom stereocenters. The molecule has 0 fully saturated rings. The van der Waals surface area contributed by atoms with Crippen LogP contribution in [-0.2, 0) is 11.3 Å². The van der Waals surface area contributed by atoms with E-state index >= 15 is 0 Å². The normalized spacial score (nSPS) is 12.4. The van der Waals surface area contributed by atoms with Crippen LogP contribution >= 0.6 is 0 Å². The molecule has 1 aromatic heterocycles. The second-order valence-electron chi connectivity index (χ2n) is 5.28. The van der Waals surface area contributed by atoms with Crippen LogP contribution < -0.4 is 5.32 Å². The molecule has 1 heterocycles. The molecule has 1 amide bonds. The Bertz CT molecular complexity index is 578. The largest absolute Gasteiger partial charge is 0.388 e. The Morgan fingerprint density at radius 3 is 2.67 bits per heavy atom. The smallest absolute Gasteiger partial charge is 0.223 e. The van der Waals surface area contributed by atoms with Crippen LogP contribution in [0.25, 0.3) is 0 Å². The van der Waals surface area contributed by atoms with Crippen LogP contribution in [0.2, 0.25) is 0 Å². The van der Waals surface area contributed by atoms with Crippen LogP contribution in [0.1, 0.15) is 49.3 Å². The van der Waals surface area contributed by atoms with E-state index in [2.05, 4.69) is 10.5 Å². The van der Waals surface area contributed by atoms with Crippen molar-refractivity contribution in [1.82, 2.24) is 10.5 Å². The monoisotopic (exact) mass is 288 g/mol. The van der Waals surface area contributed by atoms with Gasteiger partial charge in [0.05, 0.1) is 24.8 Å². The lowest BCUT2D eigenvalue weighted by molar-refractivity contribution is -0.123. The molecule has 0 bridgehead atoms. The number of aliphatic hydroxyl groups is 1. The van der Waals surface area contributed by atoms with E-state index in [-0.39, 0.29) is 24.8 Å². The molecule has 0 saturated heterocycles. The number of aromatic nitrogens is 1. The second-order valence-corrected chi connectivity index (χ2v) is 5.28. The fourth-order valence-corrected chi connectivity index (χ4v) is 1.91. The van der Waals surface area contributed by atoms with Gasteiger partial charge >= 0.3 is 0 Å². The van der Waals surface area contributed by atoms with Crippen LogP contribution in [0.5, 0.6) is 0 Å². The van der Waals surface area contributed by atoms with Crippen molar-refractivity contribution in [2.75, 3.05) is 0 Å². The number of carbonyl (C=O) groups excluding carboxylic acids is 1. The van der Waals surface area contributed by atoms with Crippen molar-refractivity contribution < 1.29 is 14.4 Å². The summed E-state index contributed by atoms with van der Waals surface area (Å²) in [6.45, 7) is 4.33. The Morgan fingerprint density at radius 2 is 2.05 bits per heavy atom. The summed E-state index contributed by atoms with van der Waals surface area (Å²) in [6, 6.07) is 11.0. The molecule has 0 saturated carbocycles. The number of nitrogens with one attached hydrogen (secondary N) is 1. The van der Waals surface area contributed by atoms with Gasteiger partial charge in [0.1, 0.15) is 0 Å². The summed E-state index contributed by atoms with van der Waals surface area (Å²) in [5.74, 6) is 0.674. The molecule has 0 aliphatic carbocycles. The van der Waals surface area contributed by atoms with Crippen LogP contribution in [0, 0.1) is 0 Å². The molecule has 2 aromatic rings. The van der Waals surface area contributed by atoms with Gasteiger partial charge in [0.25, 0.3) is 0 Å². The zero-order valence-electron chi connectivity index (χ0n) is 12.2. The number of hydrogen-bond acceptors (Lipinski definition) is 4. The summed E-state index contributed by atoms with van der Waals surface area (Å²) < 4.78 is 5.14. The van der Waals surface area contributed by atoms with Crippen molar-refractivity contribution in [2.24, 2.45) is 0 Å². The molecule has 0 radical (unpaired) electrons. The van der Waals surface area contributed by atoms with Gasteiger partial charge in [-0.2, -0.15) is 0 Å². The number of nitrogens with zero attached hydrogens (tertiary/aromatic N) is 1. The molecule has 0 aliphatic rings. The molecule has 0 spiro atoms. The molecule has 1 aromatic carbocycles. The first-order valence-corrected chi connectivity index (χ1v) is 7.01. The van der Waals surface area contributed by atoms with Gasteiger partial charge in [0.2, 0.25) is 5.91 Å². The first-order chi connectivity index (χ1) is 10.1. The number of rotatable bonds is 6. The summed E-state index contributed by atoms with van der Waals surface area (Å²) in [5.41, 5.74) is 1.60. The zero-order valence-corrected chi connectivity index (χ0v) is 12.2. The summed E-state index contributed by atoms with van der Waals surface area (Å²) in [6.07, 6.45) is -0.776. The van der Waals surface area contributed by atoms with Crippen molar-refractivity contribution in [1.29, 1.82) is 0 Å². The quantitative estimate of drug-likeness (QED) is 0.856. The maximum atomic E-state index is 11.8. The van der Waals surface area contributed by atoms with E-state index in [1.807, 2.05) is 38.1 Å². The number of carbonyl (C=O) groups is 1. The van der Waals surface area contributed by atoms with E-state index in [0.29, 0.717) is 5.76 Å². The number of amides is 1.